The lowest BCUT2D eigenvalue weighted by atomic mass is 9.83. The van der Waals surface area contributed by atoms with Crippen molar-refractivity contribution < 1.29 is 26.3 Å². The van der Waals surface area contributed by atoms with Gasteiger partial charge in [0.25, 0.3) is 0 Å². The van der Waals surface area contributed by atoms with Gasteiger partial charge in [-0.05, 0) is 67.1 Å². The number of hydrogen-bond acceptors (Lipinski definition) is 6. The molecule has 0 amide bonds. The predicted octanol–water partition coefficient (Wildman–Crippen LogP) is 8.13. The van der Waals surface area contributed by atoms with E-state index in [1.165, 1.54) is 30.5 Å². The third-order valence-electron chi connectivity index (χ3n) is 7.30. The molecule has 0 spiro atoms. The molecule has 1 fully saturated rings. The van der Waals surface area contributed by atoms with Gasteiger partial charge in [-0.25, -0.2) is 15.0 Å². The number of likely N-dealkylation sites (tertiary alicyclic amines) is 1. The summed E-state index contributed by atoms with van der Waals surface area (Å²) in [4.78, 5) is 19.2. The summed E-state index contributed by atoms with van der Waals surface area (Å²) in [5.41, 5.74) is -1.18. The summed E-state index contributed by atoms with van der Waals surface area (Å²) in [6.45, 7) is 8.70. The first-order chi connectivity index (χ1) is 19.7. The molecular formula is C30H30F6N6. The summed E-state index contributed by atoms with van der Waals surface area (Å²) < 4.78 is 80.3. The van der Waals surface area contributed by atoms with Crippen molar-refractivity contribution in [3.63, 3.8) is 0 Å². The Hall–Kier alpha value is -3.80. The average molecular weight is 589 g/mol. The number of halogens is 6. The lowest BCUT2D eigenvalue weighted by Crippen LogP contribution is -2.33. The van der Waals surface area contributed by atoms with Crippen LogP contribution in [0.25, 0.3) is 22.2 Å². The van der Waals surface area contributed by atoms with Crippen LogP contribution < -0.4 is 5.32 Å². The molecule has 0 radical (unpaired) electrons. The normalized spacial score (nSPS) is 18.2. The molecule has 3 aromatic heterocycles. The van der Waals surface area contributed by atoms with Crippen molar-refractivity contribution in [1.82, 2.24) is 24.8 Å². The standard InChI is InChI=1S/C30H30F6N6/c1-18-10-12-42(17-28(2,3)14-18)16-25-40-23-13-19(26-22(29(31,32)33)5-4-11-37-26)6-8-21(23)27(41-25)39-20-7-9-24(38-15-20)30(34,35)36/h4-9,11,13,15,18H,10,12,14,16-17H2,1-3H3,(H,39,40,41)/t18-/m1/s1. The quantitative estimate of drug-likeness (QED) is 0.238. The van der Waals surface area contributed by atoms with Crippen molar-refractivity contribution in [3.05, 3.63) is 71.9 Å². The second-order valence-electron chi connectivity index (χ2n) is 11.6. The first-order valence-corrected chi connectivity index (χ1v) is 13.5. The Balaban J connectivity index is 1.57. The fraction of sp³-hybridized carbons (Fsp3) is 0.400. The Kier molecular flexibility index (Phi) is 7.86. The maximum Gasteiger partial charge on any atom is 0.433 e. The average Bonchev–Trinajstić information content (AvgIpc) is 3.03. The molecule has 4 heterocycles. The van der Waals surface area contributed by atoms with Crippen molar-refractivity contribution in [1.29, 1.82) is 0 Å². The molecule has 42 heavy (non-hydrogen) atoms. The predicted molar refractivity (Wildman–Crippen MR) is 148 cm³/mol. The number of rotatable bonds is 5. The summed E-state index contributed by atoms with van der Waals surface area (Å²) in [7, 11) is 0. The van der Waals surface area contributed by atoms with Crippen LogP contribution in [0.5, 0.6) is 0 Å². The molecule has 4 aromatic rings. The van der Waals surface area contributed by atoms with Gasteiger partial charge in [0.05, 0.1) is 35.2 Å². The highest BCUT2D eigenvalue weighted by Crippen LogP contribution is 2.38. The molecule has 1 atom stereocenters. The molecule has 1 saturated heterocycles. The number of anilines is 2. The van der Waals surface area contributed by atoms with Gasteiger partial charge in [-0.2, -0.15) is 26.3 Å². The van der Waals surface area contributed by atoms with Crippen LogP contribution in [0, 0.1) is 11.3 Å². The Bertz CT molecular complexity index is 1570. The van der Waals surface area contributed by atoms with Crippen LogP contribution in [0.3, 0.4) is 0 Å². The SMILES string of the molecule is C[C@@H]1CCN(Cc2nc(Nc3ccc(C(F)(F)F)nc3)c3ccc(-c4ncccc4C(F)(F)F)cc3n2)CC(C)(C)C1. The Morgan fingerprint density at radius 1 is 0.976 bits per heavy atom. The molecule has 1 aromatic carbocycles. The van der Waals surface area contributed by atoms with Gasteiger partial charge in [0.2, 0.25) is 0 Å². The van der Waals surface area contributed by atoms with Crippen LogP contribution in [0.1, 0.15) is 50.7 Å². The van der Waals surface area contributed by atoms with E-state index < -0.39 is 23.6 Å². The molecule has 0 saturated carbocycles. The number of nitrogens with one attached hydrogen (secondary N) is 1. The monoisotopic (exact) mass is 588 g/mol. The van der Waals surface area contributed by atoms with Gasteiger partial charge in [0.15, 0.2) is 0 Å². The zero-order chi connectivity index (χ0) is 30.3. The van der Waals surface area contributed by atoms with Crippen molar-refractivity contribution in [3.8, 4) is 11.3 Å². The van der Waals surface area contributed by atoms with Crippen LogP contribution in [0.2, 0.25) is 0 Å². The first-order valence-electron chi connectivity index (χ1n) is 13.5. The lowest BCUT2D eigenvalue weighted by molar-refractivity contribution is -0.141. The molecule has 12 heteroatoms. The Labute approximate surface area is 239 Å². The summed E-state index contributed by atoms with van der Waals surface area (Å²) in [5.74, 6) is 1.29. The van der Waals surface area contributed by atoms with Gasteiger partial charge < -0.3 is 5.32 Å². The number of nitrogens with zero attached hydrogens (tertiary/aromatic N) is 5. The summed E-state index contributed by atoms with van der Waals surface area (Å²) >= 11 is 0. The molecule has 0 bridgehead atoms. The minimum Gasteiger partial charge on any atom is -0.338 e. The molecule has 5 rings (SSSR count). The van der Waals surface area contributed by atoms with Crippen LogP contribution in [-0.2, 0) is 18.9 Å². The fourth-order valence-corrected chi connectivity index (χ4v) is 5.66. The fourth-order valence-electron chi connectivity index (χ4n) is 5.66. The van der Waals surface area contributed by atoms with E-state index in [-0.39, 0.29) is 22.4 Å². The van der Waals surface area contributed by atoms with E-state index in [9.17, 15) is 26.3 Å². The zero-order valence-corrected chi connectivity index (χ0v) is 23.3. The highest BCUT2D eigenvalue weighted by atomic mass is 19.4. The Morgan fingerprint density at radius 2 is 1.76 bits per heavy atom. The van der Waals surface area contributed by atoms with Gasteiger partial charge in [-0.1, -0.05) is 26.8 Å². The van der Waals surface area contributed by atoms with Gasteiger partial charge >= 0.3 is 12.4 Å². The van der Waals surface area contributed by atoms with Crippen molar-refractivity contribution >= 4 is 22.4 Å². The first kappa shape index (κ1) is 29.7. The van der Waals surface area contributed by atoms with Gasteiger partial charge in [0, 0.05) is 23.7 Å². The molecule has 222 valence electrons. The van der Waals surface area contributed by atoms with Crippen LogP contribution in [0.4, 0.5) is 37.8 Å². The van der Waals surface area contributed by atoms with Crippen LogP contribution in [0.15, 0.2) is 54.9 Å². The van der Waals surface area contributed by atoms with Crippen molar-refractivity contribution in [2.75, 3.05) is 18.4 Å². The van der Waals surface area contributed by atoms with Crippen molar-refractivity contribution in [2.45, 2.75) is 52.5 Å². The van der Waals surface area contributed by atoms with Gasteiger partial charge in [0.1, 0.15) is 17.3 Å². The molecule has 6 nitrogen and oxygen atoms in total. The zero-order valence-electron chi connectivity index (χ0n) is 23.3. The van der Waals surface area contributed by atoms with Crippen LogP contribution in [-0.4, -0.2) is 37.9 Å². The number of benzene rings is 1. The Morgan fingerprint density at radius 3 is 2.45 bits per heavy atom. The second-order valence-corrected chi connectivity index (χ2v) is 11.6. The molecule has 1 aliphatic heterocycles. The van der Waals surface area contributed by atoms with E-state index >= 15 is 0 Å². The van der Waals surface area contributed by atoms with E-state index in [4.69, 9.17) is 9.97 Å². The van der Waals surface area contributed by atoms with Gasteiger partial charge in [-0.15, -0.1) is 0 Å². The molecular weight excluding hydrogens is 558 g/mol. The number of hydrogen-bond donors (Lipinski definition) is 1. The highest BCUT2D eigenvalue weighted by Gasteiger charge is 2.35. The van der Waals surface area contributed by atoms with Crippen molar-refractivity contribution in [2.24, 2.45) is 11.3 Å². The van der Waals surface area contributed by atoms with E-state index in [1.54, 1.807) is 6.07 Å². The lowest BCUT2D eigenvalue weighted by Gasteiger charge is -2.29. The minimum absolute atomic E-state index is 0.0693. The third kappa shape index (κ3) is 6.80. The van der Waals surface area contributed by atoms with E-state index in [0.29, 0.717) is 35.0 Å². The smallest absolute Gasteiger partial charge is 0.338 e. The summed E-state index contributed by atoms with van der Waals surface area (Å²) in [6, 6.07) is 8.94. The molecule has 0 aliphatic carbocycles. The minimum atomic E-state index is -4.60. The maximum atomic E-state index is 13.7. The number of pyridine rings is 2. The van der Waals surface area contributed by atoms with Crippen LogP contribution >= 0.6 is 0 Å². The number of alkyl halides is 6. The maximum absolute atomic E-state index is 13.7. The van der Waals surface area contributed by atoms with E-state index in [0.717, 1.165) is 44.3 Å². The largest absolute Gasteiger partial charge is 0.433 e. The topological polar surface area (TPSA) is 66.8 Å². The molecule has 0 unspecified atom stereocenters. The van der Waals surface area contributed by atoms with E-state index in [1.807, 2.05) is 0 Å². The van der Waals surface area contributed by atoms with Gasteiger partial charge in [-0.3, -0.25) is 9.88 Å². The number of fused-ring (bicyclic) bond motifs is 1. The number of aromatic nitrogens is 4. The summed E-state index contributed by atoms with van der Waals surface area (Å²) in [5, 5.41) is 3.52. The summed E-state index contributed by atoms with van der Waals surface area (Å²) in [6.07, 6.45) is -4.74. The highest BCUT2D eigenvalue weighted by molar-refractivity contribution is 5.93. The third-order valence-corrected chi connectivity index (χ3v) is 7.30. The second kappa shape index (κ2) is 11.1. The van der Waals surface area contributed by atoms with E-state index in [2.05, 4.69) is 41.0 Å². The molecule has 1 N–H and O–H groups in total. The molecule has 1 aliphatic rings.